The van der Waals surface area contributed by atoms with Crippen molar-refractivity contribution in [2.24, 2.45) is 0 Å². The number of benzene rings is 1. The number of methoxy groups -OCH3 is 2. The molecule has 7 nitrogen and oxygen atoms in total. The van der Waals surface area contributed by atoms with Crippen molar-refractivity contribution in [1.29, 1.82) is 0 Å². The molecule has 0 fully saturated rings. The van der Waals surface area contributed by atoms with Crippen LogP contribution in [0.4, 0.5) is 0 Å². The van der Waals surface area contributed by atoms with Crippen LogP contribution in [0.15, 0.2) is 23.1 Å². The van der Waals surface area contributed by atoms with Crippen LogP contribution < -0.4 is 14.8 Å². The van der Waals surface area contributed by atoms with Crippen molar-refractivity contribution in [1.82, 2.24) is 10.0 Å². The minimum atomic E-state index is -3.73. The Hall–Kier alpha value is -1.64. The third kappa shape index (κ3) is 5.63. The molecule has 0 spiro atoms. The monoisotopic (exact) mass is 330 g/mol. The second-order valence-electron chi connectivity index (χ2n) is 4.65. The summed E-state index contributed by atoms with van der Waals surface area (Å²) in [4.78, 5) is 11.6. The van der Waals surface area contributed by atoms with Gasteiger partial charge in [-0.05, 0) is 37.1 Å². The summed E-state index contributed by atoms with van der Waals surface area (Å²) in [5, 5.41) is 2.61. The zero-order chi connectivity index (χ0) is 16.6. The summed E-state index contributed by atoms with van der Waals surface area (Å²) in [6.07, 6.45) is 0.673. The molecule has 1 aromatic carbocycles. The van der Waals surface area contributed by atoms with Gasteiger partial charge >= 0.3 is 0 Å². The summed E-state index contributed by atoms with van der Waals surface area (Å²) < 4.78 is 36.4. The molecule has 0 aromatic heterocycles. The molecule has 1 aromatic rings. The summed E-state index contributed by atoms with van der Waals surface area (Å²) in [6, 6.07) is 4.51. The Kier molecular flexibility index (Phi) is 7.30. The molecule has 0 heterocycles. The van der Waals surface area contributed by atoms with E-state index in [9.17, 15) is 13.2 Å². The van der Waals surface area contributed by atoms with E-state index < -0.39 is 10.0 Å². The van der Waals surface area contributed by atoms with E-state index in [1.807, 2.05) is 0 Å². The first-order valence-corrected chi connectivity index (χ1v) is 8.29. The molecule has 0 aliphatic rings. The van der Waals surface area contributed by atoms with Crippen molar-refractivity contribution in [3.8, 4) is 5.75 Å². The molecule has 2 N–H and O–H groups in total. The van der Waals surface area contributed by atoms with Gasteiger partial charge in [0.15, 0.2) is 0 Å². The third-order valence-electron chi connectivity index (χ3n) is 2.95. The highest BCUT2D eigenvalue weighted by atomic mass is 32.2. The topological polar surface area (TPSA) is 93.7 Å². The number of sulfonamides is 1. The molecular formula is C14H22N2O5S. The zero-order valence-electron chi connectivity index (χ0n) is 13.0. The molecule has 124 valence electrons. The fraction of sp³-hybridized carbons (Fsp3) is 0.500. The number of carbonyl (C=O) groups is 1. The highest BCUT2D eigenvalue weighted by molar-refractivity contribution is 7.89. The quantitative estimate of drug-likeness (QED) is 0.641. The van der Waals surface area contributed by atoms with Crippen LogP contribution in [0.3, 0.4) is 0 Å². The fourth-order valence-electron chi connectivity index (χ4n) is 1.77. The van der Waals surface area contributed by atoms with E-state index in [1.54, 1.807) is 20.1 Å². The Morgan fingerprint density at radius 3 is 2.59 bits per heavy atom. The second-order valence-corrected chi connectivity index (χ2v) is 6.42. The Labute approximate surface area is 131 Å². The van der Waals surface area contributed by atoms with Crippen LogP contribution in [0.25, 0.3) is 0 Å². The lowest BCUT2D eigenvalue weighted by Gasteiger charge is -2.10. The summed E-state index contributed by atoms with van der Waals surface area (Å²) in [7, 11) is -0.636. The molecule has 8 heteroatoms. The molecule has 0 atom stereocenters. The van der Waals surface area contributed by atoms with Gasteiger partial charge in [0.05, 0.1) is 18.6 Å². The van der Waals surface area contributed by atoms with Crippen LogP contribution in [0.5, 0.6) is 5.75 Å². The number of rotatable bonds is 9. The number of hydrogen-bond acceptors (Lipinski definition) is 5. The van der Waals surface area contributed by atoms with Crippen molar-refractivity contribution in [2.45, 2.75) is 18.2 Å². The molecule has 0 unspecified atom stereocenters. The van der Waals surface area contributed by atoms with Gasteiger partial charge in [0.1, 0.15) is 5.75 Å². The van der Waals surface area contributed by atoms with Crippen LogP contribution in [0, 0.1) is 6.92 Å². The largest absolute Gasteiger partial charge is 0.496 e. The van der Waals surface area contributed by atoms with Crippen LogP contribution in [-0.4, -0.2) is 48.2 Å². The van der Waals surface area contributed by atoms with Crippen LogP contribution in [-0.2, 0) is 19.6 Å². The van der Waals surface area contributed by atoms with E-state index in [-0.39, 0.29) is 17.3 Å². The molecule has 0 aliphatic carbocycles. The van der Waals surface area contributed by atoms with Gasteiger partial charge < -0.3 is 14.8 Å². The van der Waals surface area contributed by atoms with Gasteiger partial charge in [-0.1, -0.05) is 0 Å². The summed E-state index contributed by atoms with van der Waals surface area (Å²) >= 11 is 0. The van der Waals surface area contributed by atoms with E-state index in [1.165, 1.54) is 19.2 Å². The minimum Gasteiger partial charge on any atom is -0.496 e. The number of ether oxygens (including phenoxy) is 2. The zero-order valence-corrected chi connectivity index (χ0v) is 13.8. The smallest absolute Gasteiger partial charge is 0.241 e. The van der Waals surface area contributed by atoms with Gasteiger partial charge in [-0.2, -0.15) is 0 Å². The molecule has 22 heavy (non-hydrogen) atoms. The van der Waals surface area contributed by atoms with Crippen molar-refractivity contribution < 1.29 is 22.7 Å². The Morgan fingerprint density at radius 2 is 2.00 bits per heavy atom. The van der Waals surface area contributed by atoms with Gasteiger partial charge in [0.25, 0.3) is 0 Å². The molecule has 0 bridgehead atoms. The first-order chi connectivity index (χ1) is 10.4. The lowest BCUT2D eigenvalue weighted by atomic mass is 10.2. The summed E-state index contributed by atoms with van der Waals surface area (Å²) in [5.74, 6) is 0.222. The summed E-state index contributed by atoms with van der Waals surface area (Å²) in [5.41, 5.74) is 0.703. The predicted molar refractivity (Wildman–Crippen MR) is 82.4 cm³/mol. The van der Waals surface area contributed by atoms with Crippen molar-refractivity contribution in [3.05, 3.63) is 23.8 Å². The highest BCUT2D eigenvalue weighted by Crippen LogP contribution is 2.20. The highest BCUT2D eigenvalue weighted by Gasteiger charge is 2.16. The maximum atomic E-state index is 12.1. The normalized spacial score (nSPS) is 11.2. The second kappa shape index (κ2) is 8.72. The molecule has 0 saturated heterocycles. The van der Waals surface area contributed by atoms with Crippen LogP contribution >= 0.6 is 0 Å². The maximum absolute atomic E-state index is 12.1. The first-order valence-electron chi connectivity index (χ1n) is 6.80. The molecule has 1 rings (SSSR count). The van der Waals surface area contributed by atoms with Gasteiger partial charge in [-0.25, -0.2) is 13.1 Å². The molecular weight excluding hydrogens is 308 g/mol. The average Bonchev–Trinajstić information content (AvgIpc) is 2.49. The van der Waals surface area contributed by atoms with E-state index in [4.69, 9.17) is 9.47 Å². The molecule has 0 radical (unpaired) electrons. The SMILES string of the molecule is COCCCNC(=O)CNS(=O)(=O)c1ccc(OC)c(C)c1. The molecule has 0 aliphatic heterocycles. The van der Waals surface area contributed by atoms with E-state index in [0.29, 0.717) is 30.9 Å². The number of aryl methyl sites for hydroxylation is 1. The van der Waals surface area contributed by atoms with E-state index in [2.05, 4.69) is 10.0 Å². The van der Waals surface area contributed by atoms with Gasteiger partial charge in [0.2, 0.25) is 15.9 Å². The van der Waals surface area contributed by atoms with Crippen molar-refractivity contribution >= 4 is 15.9 Å². The van der Waals surface area contributed by atoms with Crippen LogP contribution in [0.1, 0.15) is 12.0 Å². The predicted octanol–water partition coefficient (Wildman–Crippen LogP) is 0.435. The van der Waals surface area contributed by atoms with Crippen molar-refractivity contribution in [2.75, 3.05) is 33.9 Å². The average molecular weight is 330 g/mol. The third-order valence-corrected chi connectivity index (χ3v) is 4.35. The van der Waals surface area contributed by atoms with Crippen LogP contribution in [0.2, 0.25) is 0 Å². The number of carbonyl (C=O) groups excluding carboxylic acids is 1. The lowest BCUT2D eigenvalue weighted by Crippen LogP contribution is -2.37. The van der Waals surface area contributed by atoms with E-state index in [0.717, 1.165) is 0 Å². The Morgan fingerprint density at radius 1 is 1.27 bits per heavy atom. The maximum Gasteiger partial charge on any atom is 0.241 e. The number of nitrogens with one attached hydrogen (secondary N) is 2. The first kappa shape index (κ1) is 18.4. The fourth-order valence-corrected chi connectivity index (χ4v) is 2.84. The molecule has 1 amide bonds. The van der Waals surface area contributed by atoms with Gasteiger partial charge in [0, 0.05) is 20.3 Å². The molecule has 0 saturated carbocycles. The van der Waals surface area contributed by atoms with E-state index >= 15 is 0 Å². The minimum absolute atomic E-state index is 0.0954. The van der Waals surface area contributed by atoms with Gasteiger partial charge in [-0.3, -0.25) is 4.79 Å². The Balaban J connectivity index is 2.57. The van der Waals surface area contributed by atoms with Crippen molar-refractivity contribution in [3.63, 3.8) is 0 Å². The lowest BCUT2D eigenvalue weighted by molar-refractivity contribution is -0.120. The number of hydrogen-bond donors (Lipinski definition) is 2. The standard InChI is InChI=1S/C14H22N2O5S/c1-11-9-12(5-6-13(11)21-3)22(18,19)16-10-14(17)15-7-4-8-20-2/h5-6,9,16H,4,7-8,10H2,1-3H3,(H,15,17). The summed E-state index contributed by atoms with van der Waals surface area (Å²) in [6.45, 7) is 2.42. The van der Waals surface area contributed by atoms with Gasteiger partial charge in [-0.15, -0.1) is 0 Å². The Bertz CT molecular complexity index is 601. The number of amides is 1.